The summed E-state index contributed by atoms with van der Waals surface area (Å²) in [6.45, 7) is 1.25. The first kappa shape index (κ1) is 21.9. The van der Waals surface area contributed by atoms with E-state index < -0.39 is 35.9 Å². The predicted molar refractivity (Wildman–Crippen MR) is 96.6 cm³/mol. The Hall–Kier alpha value is -1.84. The van der Waals surface area contributed by atoms with Gasteiger partial charge >= 0.3 is 6.18 Å². The lowest BCUT2D eigenvalue weighted by Crippen LogP contribution is -2.65. The van der Waals surface area contributed by atoms with E-state index in [0.29, 0.717) is 32.3 Å². The maximum absolute atomic E-state index is 12.5. The second-order valence-electron chi connectivity index (χ2n) is 8.59. The molecule has 2 aliphatic heterocycles. The highest BCUT2D eigenvalue weighted by Gasteiger charge is 2.56. The topological polar surface area (TPSA) is 81.2 Å². The van der Waals surface area contributed by atoms with E-state index >= 15 is 0 Å². The lowest BCUT2D eigenvalue weighted by molar-refractivity contribution is -0.172. The number of carbonyl (C=O) groups is 3. The number of piperidine rings is 1. The molecule has 1 aliphatic carbocycles. The number of alkyl halides is 3. The third kappa shape index (κ3) is 4.67. The van der Waals surface area contributed by atoms with Gasteiger partial charge in [0.05, 0.1) is 25.1 Å². The number of rotatable bonds is 5. The first-order chi connectivity index (χ1) is 13.6. The van der Waals surface area contributed by atoms with E-state index in [0.717, 1.165) is 12.8 Å². The quantitative estimate of drug-likeness (QED) is 0.678. The van der Waals surface area contributed by atoms with Gasteiger partial charge in [-0.3, -0.25) is 14.4 Å². The zero-order valence-electron chi connectivity index (χ0n) is 16.4. The van der Waals surface area contributed by atoms with E-state index in [1.165, 1.54) is 9.80 Å². The van der Waals surface area contributed by atoms with Crippen LogP contribution >= 0.6 is 0 Å². The van der Waals surface area contributed by atoms with Crippen LogP contribution < -0.4 is 0 Å². The van der Waals surface area contributed by atoms with Crippen LogP contribution in [0.15, 0.2) is 0 Å². The number of piperazine rings is 1. The van der Waals surface area contributed by atoms with Gasteiger partial charge in [0.2, 0.25) is 18.2 Å². The largest absolute Gasteiger partial charge is 0.389 e. The summed E-state index contributed by atoms with van der Waals surface area (Å²) in [5, 5.41) is 11.6. The zero-order chi connectivity index (χ0) is 21.3. The van der Waals surface area contributed by atoms with E-state index in [1.54, 1.807) is 4.90 Å². The summed E-state index contributed by atoms with van der Waals surface area (Å²) in [5.41, 5.74) is -1.80. The Morgan fingerprint density at radius 2 is 1.83 bits per heavy atom. The normalized spacial score (nSPS) is 27.6. The van der Waals surface area contributed by atoms with E-state index in [-0.39, 0.29) is 38.5 Å². The number of hydrogen-bond acceptors (Lipinski definition) is 4. The minimum Gasteiger partial charge on any atom is -0.387 e. The first-order valence-corrected chi connectivity index (χ1v) is 10.1. The Morgan fingerprint density at radius 3 is 2.41 bits per heavy atom. The second kappa shape index (κ2) is 8.12. The average molecular weight is 419 g/mol. The predicted octanol–water partition coefficient (Wildman–Crippen LogP) is 1.15. The maximum Gasteiger partial charge on any atom is 0.389 e. The van der Waals surface area contributed by atoms with Crippen LogP contribution in [0.4, 0.5) is 13.2 Å². The van der Waals surface area contributed by atoms with Crippen molar-refractivity contribution in [3.63, 3.8) is 0 Å². The fourth-order valence-electron chi connectivity index (χ4n) is 5.02. The summed E-state index contributed by atoms with van der Waals surface area (Å²) < 4.78 is 37.4. The van der Waals surface area contributed by atoms with E-state index in [9.17, 15) is 32.7 Å². The van der Waals surface area contributed by atoms with Crippen molar-refractivity contribution >= 4 is 18.2 Å². The van der Waals surface area contributed by atoms with Gasteiger partial charge in [-0.2, -0.15) is 13.2 Å². The highest BCUT2D eigenvalue weighted by Crippen LogP contribution is 2.51. The molecule has 1 spiro atoms. The molecule has 3 fully saturated rings. The number of amides is 3. The molecule has 2 saturated heterocycles. The molecule has 0 bridgehead atoms. The molecule has 0 aromatic heterocycles. The first-order valence-electron chi connectivity index (χ1n) is 10.1. The van der Waals surface area contributed by atoms with Crippen molar-refractivity contribution in [2.24, 2.45) is 5.41 Å². The van der Waals surface area contributed by atoms with Gasteiger partial charge in [-0.15, -0.1) is 0 Å². The Morgan fingerprint density at radius 1 is 1.14 bits per heavy atom. The van der Waals surface area contributed by atoms with Crippen LogP contribution in [0.3, 0.4) is 0 Å². The van der Waals surface area contributed by atoms with Crippen molar-refractivity contribution < 1.29 is 32.7 Å². The molecule has 164 valence electrons. The summed E-state index contributed by atoms with van der Waals surface area (Å²) in [6, 6.07) is 0. The van der Waals surface area contributed by atoms with E-state index in [1.807, 2.05) is 0 Å². The molecule has 3 amide bonds. The number of nitrogens with zero attached hydrogens (tertiary/aromatic N) is 3. The molecular weight excluding hydrogens is 391 g/mol. The van der Waals surface area contributed by atoms with Gasteiger partial charge in [-0.25, -0.2) is 0 Å². The van der Waals surface area contributed by atoms with Gasteiger partial charge in [-0.1, -0.05) is 12.8 Å². The number of aliphatic hydroxyl groups is 1. The van der Waals surface area contributed by atoms with Crippen LogP contribution in [-0.2, 0) is 14.4 Å². The molecule has 3 aliphatic rings. The molecule has 2 heterocycles. The molecule has 0 radical (unpaired) electrons. The molecular formula is C19H28F3N3O4. The third-order valence-corrected chi connectivity index (χ3v) is 6.76. The van der Waals surface area contributed by atoms with Crippen molar-refractivity contribution in [3.05, 3.63) is 0 Å². The van der Waals surface area contributed by atoms with E-state index in [4.69, 9.17) is 0 Å². The van der Waals surface area contributed by atoms with Crippen LogP contribution in [-0.4, -0.2) is 89.1 Å². The molecule has 0 aromatic rings. The van der Waals surface area contributed by atoms with Crippen LogP contribution in [0.25, 0.3) is 0 Å². The lowest BCUT2D eigenvalue weighted by atomic mass is 9.65. The highest BCUT2D eigenvalue weighted by molar-refractivity contribution is 5.81. The summed E-state index contributed by atoms with van der Waals surface area (Å²) in [4.78, 5) is 40.0. The summed E-state index contributed by atoms with van der Waals surface area (Å²) in [6.07, 6.45) is -2.14. The van der Waals surface area contributed by atoms with Gasteiger partial charge in [0.1, 0.15) is 0 Å². The van der Waals surface area contributed by atoms with Gasteiger partial charge < -0.3 is 19.8 Å². The van der Waals surface area contributed by atoms with Crippen LogP contribution in [0, 0.1) is 5.41 Å². The summed E-state index contributed by atoms with van der Waals surface area (Å²) in [5.74, 6) is -0.764. The molecule has 7 nitrogen and oxygen atoms in total. The monoisotopic (exact) mass is 419 g/mol. The SMILES string of the molecule is O=CN1CCN(CC2(O)CCN(C(=O)CCC(F)(F)F)CC23CCCC3)C(=O)C1. The van der Waals surface area contributed by atoms with Crippen LogP contribution in [0.5, 0.6) is 0 Å². The molecule has 1 saturated carbocycles. The van der Waals surface area contributed by atoms with Gasteiger partial charge in [-0.05, 0) is 19.3 Å². The standard InChI is InChI=1S/C19H28F3N3O4/c20-19(21,22)6-3-15(27)24-8-7-18(29,17(12-24)4-1-2-5-17)13-25-10-9-23(14-26)11-16(25)28/h14,29H,1-13H2. The fraction of sp³-hybridized carbons (Fsp3) is 0.842. The van der Waals surface area contributed by atoms with Crippen molar-refractivity contribution in [1.82, 2.24) is 14.7 Å². The fourth-order valence-corrected chi connectivity index (χ4v) is 5.02. The smallest absolute Gasteiger partial charge is 0.387 e. The van der Waals surface area contributed by atoms with Crippen LogP contribution in [0.2, 0.25) is 0 Å². The minimum absolute atomic E-state index is 0.0192. The number of β-amino-alcohol motifs (C(OH)–C–C–N with tert-alkyl or cyclic N) is 1. The molecule has 10 heteroatoms. The van der Waals surface area contributed by atoms with Gasteiger partial charge in [0.15, 0.2) is 0 Å². The van der Waals surface area contributed by atoms with Crippen molar-refractivity contribution in [1.29, 1.82) is 0 Å². The van der Waals surface area contributed by atoms with Gasteiger partial charge in [0, 0.05) is 38.0 Å². The Labute approximate surface area is 167 Å². The minimum atomic E-state index is -4.37. The average Bonchev–Trinajstić information content (AvgIpc) is 3.13. The number of hydrogen-bond donors (Lipinski definition) is 1. The molecule has 1 N–H and O–H groups in total. The highest BCUT2D eigenvalue weighted by atomic mass is 19.4. The zero-order valence-corrected chi connectivity index (χ0v) is 16.4. The molecule has 1 unspecified atom stereocenters. The Kier molecular flexibility index (Phi) is 6.12. The third-order valence-electron chi connectivity index (χ3n) is 6.76. The molecule has 0 aromatic carbocycles. The molecule has 29 heavy (non-hydrogen) atoms. The second-order valence-corrected chi connectivity index (χ2v) is 8.59. The Bertz CT molecular complexity index is 651. The van der Waals surface area contributed by atoms with E-state index in [2.05, 4.69) is 0 Å². The van der Waals surface area contributed by atoms with Crippen molar-refractivity contribution in [2.75, 3.05) is 39.3 Å². The Balaban J connectivity index is 1.69. The number of likely N-dealkylation sites (tertiary alicyclic amines) is 1. The van der Waals surface area contributed by atoms with Crippen LogP contribution in [0.1, 0.15) is 44.9 Å². The number of halogens is 3. The van der Waals surface area contributed by atoms with Crippen molar-refractivity contribution in [3.8, 4) is 0 Å². The molecule has 3 rings (SSSR count). The molecule has 1 atom stereocenters. The number of carbonyl (C=O) groups excluding carboxylic acids is 3. The lowest BCUT2D eigenvalue weighted by Gasteiger charge is -2.54. The summed E-state index contributed by atoms with van der Waals surface area (Å²) >= 11 is 0. The maximum atomic E-state index is 12.5. The summed E-state index contributed by atoms with van der Waals surface area (Å²) in [7, 11) is 0. The van der Waals surface area contributed by atoms with Gasteiger partial charge in [0.25, 0.3) is 0 Å². The van der Waals surface area contributed by atoms with Crippen molar-refractivity contribution in [2.45, 2.75) is 56.7 Å².